The van der Waals surface area contributed by atoms with E-state index < -0.39 is 24.4 Å². The molecule has 0 radical (unpaired) electrons. The number of nitrogens with one attached hydrogen (secondary N) is 2. The zero-order valence-corrected chi connectivity index (χ0v) is 17.5. The number of carbonyl (C=O) groups is 3. The van der Waals surface area contributed by atoms with E-state index in [2.05, 4.69) is 17.6 Å². The molecular weight excluding hydrogens is 406 g/mol. The minimum absolute atomic E-state index is 0.0858. The van der Waals surface area contributed by atoms with Crippen molar-refractivity contribution >= 4 is 39.8 Å². The summed E-state index contributed by atoms with van der Waals surface area (Å²) < 4.78 is 5.14. The molecule has 1 atom stereocenters. The Morgan fingerprint density at radius 2 is 2.07 bits per heavy atom. The molecule has 5 N–H and O–H groups in total. The van der Waals surface area contributed by atoms with E-state index in [9.17, 15) is 14.4 Å². The highest BCUT2D eigenvalue weighted by Crippen LogP contribution is 2.39. The Morgan fingerprint density at radius 3 is 2.80 bits per heavy atom. The van der Waals surface area contributed by atoms with Crippen LogP contribution in [0.1, 0.15) is 44.5 Å². The van der Waals surface area contributed by atoms with Crippen LogP contribution < -0.4 is 16.4 Å². The number of fused-ring (bicyclic) bond motifs is 1. The summed E-state index contributed by atoms with van der Waals surface area (Å²) in [6, 6.07) is 6.67. The Morgan fingerprint density at radius 1 is 1.30 bits per heavy atom. The lowest BCUT2D eigenvalue weighted by atomic mass is 9.88. The molecule has 1 aliphatic carbocycles. The number of hydrogen-bond acceptors (Lipinski definition) is 7. The van der Waals surface area contributed by atoms with Crippen molar-refractivity contribution in [2.75, 3.05) is 30.4 Å². The molecule has 0 saturated heterocycles. The van der Waals surface area contributed by atoms with E-state index >= 15 is 0 Å². The largest absolute Gasteiger partial charge is 0.452 e. The van der Waals surface area contributed by atoms with Gasteiger partial charge in [-0.1, -0.05) is 19.1 Å². The minimum atomic E-state index is -0.666. The van der Waals surface area contributed by atoms with Crippen molar-refractivity contribution in [3.8, 4) is 0 Å². The normalized spacial score (nSPS) is 15.2. The Hall–Kier alpha value is -2.91. The molecule has 160 valence electrons. The van der Waals surface area contributed by atoms with E-state index in [0.29, 0.717) is 22.2 Å². The summed E-state index contributed by atoms with van der Waals surface area (Å²) in [7, 11) is 0. The lowest BCUT2D eigenvalue weighted by molar-refractivity contribution is -0.119. The number of para-hydroxylation sites is 1. The van der Waals surface area contributed by atoms with Crippen LogP contribution in [-0.2, 0) is 22.4 Å². The SMILES string of the molecule is C[C@H]1CCc2c(sc(NC(=O)COC(=O)c3ccccc3NCCO)c2C(N)=O)C1. The highest BCUT2D eigenvalue weighted by molar-refractivity contribution is 7.17. The van der Waals surface area contributed by atoms with Crippen LogP contribution in [0.2, 0.25) is 0 Å². The molecule has 0 unspecified atom stereocenters. The zero-order valence-electron chi connectivity index (χ0n) is 16.7. The van der Waals surface area contributed by atoms with Crippen LogP contribution in [0.4, 0.5) is 10.7 Å². The van der Waals surface area contributed by atoms with Crippen molar-refractivity contribution in [1.29, 1.82) is 0 Å². The van der Waals surface area contributed by atoms with Gasteiger partial charge in [0, 0.05) is 17.1 Å². The number of hydrogen-bond donors (Lipinski definition) is 4. The zero-order chi connectivity index (χ0) is 21.7. The Kier molecular flexibility index (Phi) is 7.07. The summed E-state index contributed by atoms with van der Waals surface area (Å²) >= 11 is 1.36. The van der Waals surface area contributed by atoms with Crippen molar-refractivity contribution in [1.82, 2.24) is 0 Å². The molecule has 1 aromatic heterocycles. The molecule has 1 aromatic carbocycles. The molecule has 0 bridgehead atoms. The van der Waals surface area contributed by atoms with Gasteiger partial charge in [0.1, 0.15) is 5.00 Å². The maximum Gasteiger partial charge on any atom is 0.340 e. The van der Waals surface area contributed by atoms with Crippen LogP contribution in [0.25, 0.3) is 0 Å². The third kappa shape index (κ3) is 4.98. The Bertz CT molecular complexity index is 956. The fourth-order valence-electron chi connectivity index (χ4n) is 3.48. The number of ether oxygens (including phenoxy) is 1. The van der Waals surface area contributed by atoms with Crippen LogP contribution >= 0.6 is 11.3 Å². The quantitative estimate of drug-likeness (QED) is 0.474. The molecule has 0 aliphatic heterocycles. The van der Waals surface area contributed by atoms with Gasteiger partial charge in [0.15, 0.2) is 6.61 Å². The second-order valence-corrected chi connectivity index (χ2v) is 8.35. The fourth-order valence-corrected chi connectivity index (χ4v) is 4.91. The molecule has 3 rings (SSSR count). The molecule has 0 fully saturated rings. The van der Waals surface area contributed by atoms with Gasteiger partial charge >= 0.3 is 5.97 Å². The summed E-state index contributed by atoms with van der Waals surface area (Å²) in [5.41, 5.74) is 7.60. The number of primary amides is 1. The second kappa shape index (κ2) is 9.73. The van der Waals surface area contributed by atoms with Gasteiger partial charge < -0.3 is 26.2 Å². The first kappa shape index (κ1) is 21.8. The van der Waals surface area contributed by atoms with Crippen LogP contribution in [0.3, 0.4) is 0 Å². The monoisotopic (exact) mass is 431 g/mol. The van der Waals surface area contributed by atoms with Gasteiger partial charge in [-0.05, 0) is 42.9 Å². The van der Waals surface area contributed by atoms with Crippen LogP contribution in [-0.4, -0.2) is 42.6 Å². The van der Waals surface area contributed by atoms with Crippen LogP contribution in [0, 0.1) is 5.92 Å². The van der Waals surface area contributed by atoms with Gasteiger partial charge in [-0.2, -0.15) is 0 Å². The van der Waals surface area contributed by atoms with Gasteiger partial charge in [-0.15, -0.1) is 11.3 Å². The van der Waals surface area contributed by atoms with Crippen molar-refractivity contribution in [3.63, 3.8) is 0 Å². The van der Waals surface area contributed by atoms with Crippen molar-refractivity contribution in [2.45, 2.75) is 26.2 Å². The molecule has 0 spiro atoms. The highest BCUT2D eigenvalue weighted by atomic mass is 32.1. The lowest BCUT2D eigenvalue weighted by Gasteiger charge is -2.18. The molecule has 9 heteroatoms. The molecule has 8 nitrogen and oxygen atoms in total. The van der Waals surface area contributed by atoms with Crippen molar-refractivity contribution < 1.29 is 24.2 Å². The number of aliphatic hydroxyl groups excluding tert-OH is 1. The van der Waals surface area contributed by atoms with Gasteiger partial charge in [-0.3, -0.25) is 9.59 Å². The predicted octanol–water partition coefficient (Wildman–Crippen LogP) is 2.17. The smallest absolute Gasteiger partial charge is 0.340 e. The number of benzene rings is 1. The number of amides is 2. The van der Waals surface area contributed by atoms with Gasteiger partial charge in [0.05, 0.1) is 17.7 Å². The topological polar surface area (TPSA) is 131 Å². The third-order valence-electron chi connectivity index (χ3n) is 4.92. The average molecular weight is 432 g/mol. The van der Waals surface area contributed by atoms with E-state index in [1.807, 2.05) is 0 Å². The molecule has 2 amide bonds. The standard InChI is InChI=1S/C21H25N3O5S/c1-12-6-7-14-16(10-12)30-20(18(14)19(22)27)24-17(26)11-29-21(28)13-4-2-3-5-15(13)23-8-9-25/h2-5,12,23,25H,6-11H2,1H3,(H2,22,27)(H,24,26)/t12-/m0/s1. The first-order valence-electron chi connectivity index (χ1n) is 9.75. The van der Waals surface area contributed by atoms with Crippen molar-refractivity contribution in [3.05, 3.63) is 45.8 Å². The lowest BCUT2D eigenvalue weighted by Crippen LogP contribution is -2.23. The number of aliphatic hydroxyl groups is 1. The number of esters is 1. The number of thiophene rings is 1. The first-order chi connectivity index (χ1) is 14.4. The van der Waals surface area contributed by atoms with Gasteiger partial charge in [0.25, 0.3) is 11.8 Å². The number of nitrogens with two attached hydrogens (primary N) is 1. The van der Waals surface area contributed by atoms with E-state index in [0.717, 1.165) is 29.7 Å². The Labute approximate surface area is 178 Å². The fraction of sp³-hybridized carbons (Fsp3) is 0.381. The van der Waals surface area contributed by atoms with Crippen LogP contribution in [0.5, 0.6) is 0 Å². The molecule has 1 heterocycles. The number of anilines is 2. The second-order valence-electron chi connectivity index (χ2n) is 7.24. The average Bonchev–Trinajstić information content (AvgIpc) is 3.07. The molecule has 30 heavy (non-hydrogen) atoms. The highest BCUT2D eigenvalue weighted by Gasteiger charge is 2.27. The summed E-state index contributed by atoms with van der Waals surface area (Å²) in [4.78, 5) is 37.8. The summed E-state index contributed by atoms with van der Waals surface area (Å²) in [6.45, 7) is 1.85. The maximum atomic E-state index is 12.4. The number of rotatable bonds is 8. The van der Waals surface area contributed by atoms with Gasteiger partial charge in [0.2, 0.25) is 0 Å². The Balaban J connectivity index is 1.66. The molecule has 0 saturated carbocycles. The predicted molar refractivity (Wildman–Crippen MR) is 115 cm³/mol. The molecule has 1 aliphatic rings. The van der Waals surface area contributed by atoms with Crippen molar-refractivity contribution in [2.24, 2.45) is 11.7 Å². The molecular formula is C21H25N3O5S. The maximum absolute atomic E-state index is 12.4. The summed E-state index contributed by atoms with van der Waals surface area (Å²) in [6.07, 6.45) is 2.58. The summed E-state index contributed by atoms with van der Waals surface area (Å²) in [5.74, 6) is -1.27. The van der Waals surface area contributed by atoms with E-state index in [4.69, 9.17) is 15.6 Å². The molecule has 2 aromatic rings. The van der Waals surface area contributed by atoms with Crippen LogP contribution in [0.15, 0.2) is 24.3 Å². The van der Waals surface area contributed by atoms with E-state index in [1.54, 1.807) is 24.3 Å². The summed E-state index contributed by atoms with van der Waals surface area (Å²) in [5, 5.41) is 15.0. The van der Waals surface area contributed by atoms with Gasteiger partial charge in [-0.25, -0.2) is 4.79 Å². The first-order valence-corrected chi connectivity index (χ1v) is 10.6. The van der Waals surface area contributed by atoms with E-state index in [-0.39, 0.29) is 18.7 Å². The minimum Gasteiger partial charge on any atom is -0.452 e. The number of carbonyl (C=O) groups excluding carboxylic acids is 3. The van der Waals surface area contributed by atoms with E-state index in [1.165, 1.54) is 11.3 Å². The third-order valence-corrected chi connectivity index (χ3v) is 6.09.